The third kappa shape index (κ3) is 5.97. The molecule has 19 heavy (non-hydrogen) atoms. The predicted octanol–water partition coefficient (Wildman–Crippen LogP) is 3.41. The van der Waals surface area contributed by atoms with Gasteiger partial charge in [-0.3, -0.25) is 0 Å². The van der Waals surface area contributed by atoms with Gasteiger partial charge in [-0.1, -0.05) is 20.3 Å². The number of nitrogens with one attached hydrogen (secondary N) is 1. The van der Waals surface area contributed by atoms with Gasteiger partial charge in [-0.25, -0.2) is 0 Å². The SMILES string of the molecule is COc1ccc(OC)c(CCCCCNC(C)C)c1. The van der Waals surface area contributed by atoms with Crippen molar-refractivity contribution in [2.75, 3.05) is 20.8 Å². The normalized spacial score (nSPS) is 10.8. The molecule has 0 atom stereocenters. The maximum absolute atomic E-state index is 5.39. The van der Waals surface area contributed by atoms with E-state index in [-0.39, 0.29) is 0 Å². The molecule has 0 amide bonds. The Bertz CT molecular complexity index is 364. The highest BCUT2D eigenvalue weighted by Gasteiger charge is 2.04. The van der Waals surface area contributed by atoms with Crippen LogP contribution in [0.25, 0.3) is 0 Å². The molecular weight excluding hydrogens is 238 g/mol. The number of aryl methyl sites for hydroxylation is 1. The van der Waals surface area contributed by atoms with Gasteiger partial charge in [-0.15, -0.1) is 0 Å². The average molecular weight is 265 g/mol. The van der Waals surface area contributed by atoms with E-state index in [1.54, 1.807) is 14.2 Å². The van der Waals surface area contributed by atoms with Crippen LogP contribution in [0.1, 0.15) is 38.7 Å². The van der Waals surface area contributed by atoms with Gasteiger partial charge in [0.05, 0.1) is 14.2 Å². The summed E-state index contributed by atoms with van der Waals surface area (Å²) in [4.78, 5) is 0. The summed E-state index contributed by atoms with van der Waals surface area (Å²) < 4.78 is 10.6. The minimum absolute atomic E-state index is 0.582. The number of rotatable bonds is 9. The maximum Gasteiger partial charge on any atom is 0.122 e. The quantitative estimate of drug-likeness (QED) is 0.694. The van der Waals surface area contributed by atoms with E-state index in [4.69, 9.17) is 9.47 Å². The van der Waals surface area contributed by atoms with Crippen LogP contribution in [-0.4, -0.2) is 26.8 Å². The smallest absolute Gasteiger partial charge is 0.122 e. The molecule has 3 heteroatoms. The van der Waals surface area contributed by atoms with Crippen molar-refractivity contribution < 1.29 is 9.47 Å². The first kappa shape index (κ1) is 15.8. The molecule has 0 saturated carbocycles. The van der Waals surface area contributed by atoms with Gasteiger partial charge in [0.25, 0.3) is 0 Å². The molecule has 0 aliphatic heterocycles. The van der Waals surface area contributed by atoms with E-state index in [0.717, 1.165) is 24.5 Å². The van der Waals surface area contributed by atoms with E-state index in [0.29, 0.717) is 6.04 Å². The number of methoxy groups -OCH3 is 2. The lowest BCUT2D eigenvalue weighted by molar-refractivity contribution is 0.398. The molecule has 0 fully saturated rings. The van der Waals surface area contributed by atoms with Gasteiger partial charge in [-0.05, 0) is 49.6 Å². The van der Waals surface area contributed by atoms with Crippen LogP contribution in [0.3, 0.4) is 0 Å². The number of hydrogen-bond acceptors (Lipinski definition) is 3. The maximum atomic E-state index is 5.39. The first-order valence-electron chi connectivity index (χ1n) is 7.11. The molecule has 0 aliphatic rings. The lowest BCUT2D eigenvalue weighted by Gasteiger charge is -2.11. The van der Waals surface area contributed by atoms with Crippen molar-refractivity contribution in [1.82, 2.24) is 5.32 Å². The van der Waals surface area contributed by atoms with E-state index in [1.807, 2.05) is 12.1 Å². The summed E-state index contributed by atoms with van der Waals surface area (Å²) in [6.07, 6.45) is 4.69. The number of benzene rings is 1. The molecule has 1 aromatic carbocycles. The zero-order valence-electron chi connectivity index (χ0n) is 12.7. The Kier molecular flexibility index (Phi) is 7.34. The minimum atomic E-state index is 0.582. The lowest BCUT2D eigenvalue weighted by Crippen LogP contribution is -2.23. The van der Waals surface area contributed by atoms with Crippen LogP contribution in [0, 0.1) is 0 Å². The fourth-order valence-electron chi connectivity index (χ4n) is 2.09. The van der Waals surface area contributed by atoms with Crippen molar-refractivity contribution in [3.8, 4) is 11.5 Å². The van der Waals surface area contributed by atoms with Gasteiger partial charge >= 0.3 is 0 Å². The first-order valence-corrected chi connectivity index (χ1v) is 7.11. The van der Waals surface area contributed by atoms with Crippen molar-refractivity contribution in [3.63, 3.8) is 0 Å². The average Bonchev–Trinajstić information content (AvgIpc) is 2.42. The van der Waals surface area contributed by atoms with Crippen LogP contribution >= 0.6 is 0 Å². The Morgan fingerprint density at radius 3 is 2.47 bits per heavy atom. The molecule has 108 valence electrons. The number of hydrogen-bond donors (Lipinski definition) is 1. The molecule has 0 aliphatic carbocycles. The second-order valence-electron chi connectivity index (χ2n) is 5.10. The highest BCUT2D eigenvalue weighted by Crippen LogP contribution is 2.25. The van der Waals surface area contributed by atoms with Gasteiger partial charge in [-0.2, -0.15) is 0 Å². The monoisotopic (exact) mass is 265 g/mol. The summed E-state index contributed by atoms with van der Waals surface area (Å²) in [5.74, 6) is 1.86. The van der Waals surface area contributed by atoms with Crippen molar-refractivity contribution in [2.24, 2.45) is 0 Å². The molecule has 0 aromatic heterocycles. The highest BCUT2D eigenvalue weighted by atomic mass is 16.5. The molecule has 1 aromatic rings. The van der Waals surface area contributed by atoms with Crippen LogP contribution < -0.4 is 14.8 Å². The van der Waals surface area contributed by atoms with E-state index in [1.165, 1.54) is 24.8 Å². The van der Waals surface area contributed by atoms with Crippen molar-refractivity contribution in [3.05, 3.63) is 23.8 Å². The van der Waals surface area contributed by atoms with Crippen LogP contribution in [0.5, 0.6) is 11.5 Å². The second-order valence-corrected chi connectivity index (χ2v) is 5.10. The molecular formula is C16H27NO2. The molecule has 0 saturated heterocycles. The van der Waals surface area contributed by atoms with Gasteiger partial charge in [0.1, 0.15) is 11.5 Å². The standard InChI is InChI=1S/C16H27NO2/c1-13(2)17-11-7-5-6-8-14-12-15(18-3)9-10-16(14)19-4/h9-10,12-13,17H,5-8,11H2,1-4H3. The fraction of sp³-hybridized carbons (Fsp3) is 0.625. The van der Waals surface area contributed by atoms with E-state index >= 15 is 0 Å². The summed E-state index contributed by atoms with van der Waals surface area (Å²) in [5, 5.41) is 3.44. The van der Waals surface area contributed by atoms with Crippen LogP contribution in [0.15, 0.2) is 18.2 Å². The highest BCUT2D eigenvalue weighted by molar-refractivity contribution is 5.40. The van der Waals surface area contributed by atoms with E-state index < -0.39 is 0 Å². The van der Waals surface area contributed by atoms with Crippen LogP contribution in [0.4, 0.5) is 0 Å². The predicted molar refractivity (Wildman–Crippen MR) is 80.2 cm³/mol. The Morgan fingerprint density at radius 2 is 1.84 bits per heavy atom. The van der Waals surface area contributed by atoms with Crippen LogP contribution in [0.2, 0.25) is 0 Å². The lowest BCUT2D eigenvalue weighted by atomic mass is 10.1. The zero-order valence-corrected chi connectivity index (χ0v) is 12.7. The Labute approximate surface area is 117 Å². The summed E-state index contributed by atoms with van der Waals surface area (Å²) >= 11 is 0. The van der Waals surface area contributed by atoms with E-state index in [2.05, 4.69) is 25.2 Å². The fourth-order valence-corrected chi connectivity index (χ4v) is 2.09. The van der Waals surface area contributed by atoms with Gasteiger partial charge in [0.2, 0.25) is 0 Å². The second kappa shape index (κ2) is 8.81. The molecule has 0 bridgehead atoms. The molecule has 3 nitrogen and oxygen atoms in total. The van der Waals surface area contributed by atoms with Crippen molar-refractivity contribution in [1.29, 1.82) is 0 Å². The molecule has 0 unspecified atom stereocenters. The van der Waals surface area contributed by atoms with Gasteiger partial charge in [0.15, 0.2) is 0 Å². The first-order chi connectivity index (χ1) is 9.17. The molecule has 0 heterocycles. The summed E-state index contributed by atoms with van der Waals surface area (Å²) in [7, 11) is 3.42. The Morgan fingerprint density at radius 1 is 1.05 bits per heavy atom. The van der Waals surface area contributed by atoms with Crippen LogP contribution in [-0.2, 0) is 6.42 Å². The Hall–Kier alpha value is -1.22. The van der Waals surface area contributed by atoms with Gasteiger partial charge in [0, 0.05) is 6.04 Å². The number of unbranched alkanes of at least 4 members (excludes halogenated alkanes) is 2. The molecule has 0 radical (unpaired) electrons. The third-order valence-corrected chi connectivity index (χ3v) is 3.16. The zero-order chi connectivity index (χ0) is 14.1. The largest absolute Gasteiger partial charge is 0.497 e. The summed E-state index contributed by atoms with van der Waals surface area (Å²) in [6.45, 7) is 5.47. The minimum Gasteiger partial charge on any atom is -0.497 e. The summed E-state index contributed by atoms with van der Waals surface area (Å²) in [6, 6.07) is 6.58. The van der Waals surface area contributed by atoms with E-state index in [9.17, 15) is 0 Å². The molecule has 0 spiro atoms. The Balaban J connectivity index is 2.35. The summed E-state index contributed by atoms with van der Waals surface area (Å²) in [5.41, 5.74) is 1.23. The number of ether oxygens (including phenoxy) is 2. The molecule has 1 N–H and O–H groups in total. The van der Waals surface area contributed by atoms with Crippen molar-refractivity contribution in [2.45, 2.75) is 45.6 Å². The third-order valence-electron chi connectivity index (χ3n) is 3.16. The molecule has 1 rings (SSSR count). The van der Waals surface area contributed by atoms with Crippen molar-refractivity contribution >= 4 is 0 Å². The topological polar surface area (TPSA) is 30.5 Å². The van der Waals surface area contributed by atoms with Gasteiger partial charge < -0.3 is 14.8 Å².